The summed E-state index contributed by atoms with van der Waals surface area (Å²) in [5.74, 6) is -0.0651. The van der Waals surface area contributed by atoms with E-state index in [1.54, 1.807) is 326 Å². The van der Waals surface area contributed by atoms with Crippen molar-refractivity contribution in [2.75, 3.05) is 7.11 Å². The Bertz CT molecular complexity index is 6870. The van der Waals surface area contributed by atoms with E-state index in [4.69, 9.17) is 4.74 Å². The van der Waals surface area contributed by atoms with Crippen molar-refractivity contribution in [3.63, 3.8) is 0 Å². The quantitative estimate of drug-likeness (QED) is 0.101. The van der Waals surface area contributed by atoms with Gasteiger partial charge in [-0.25, -0.2) is 4.79 Å². The molecule has 32 rings (SSSR count). The van der Waals surface area contributed by atoms with Crippen LogP contribution < -0.4 is 0 Å². The second-order valence-corrected chi connectivity index (χ2v) is 24.4. The maximum Gasteiger partial charge on any atom is 0.330 e. The average molecular weight is 821 g/mol. The zero-order valence-electron chi connectivity index (χ0n) is 34.3. The Balaban J connectivity index is 1.21. The summed E-state index contributed by atoms with van der Waals surface area (Å²) in [5.41, 5.74) is 6.27. The maximum absolute atomic E-state index is 13.3. The highest BCUT2D eigenvalue weighted by molar-refractivity contribution is 6.82. The Hall–Kier alpha value is -8.33. The summed E-state index contributed by atoms with van der Waals surface area (Å²) in [6.07, 6.45) is 4.85. The molecule has 0 aromatic heterocycles. The monoisotopic (exact) mass is 820 g/mol. The number of methoxy groups -OCH3 is 1. The molecule has 0 radical (unpaired) electrons. The molecule has 28 aromatic carbocycles. The number of esters is 1. The van der Waals surface area contributed by atoms with Gasteiger partial charge in [0.25, 0.3) is 0 Å². The minimum Gasteiger partial charge on any atom is -0.466 e. The molecule has 0 fully saturated rings. The van der Waals surface area contributed by atoms with Crippen molar-refractivity contribution in [3.05, 3.63) is 34.4 Å². The molecule has 2 heteroatoms. The van der Waals surface area contributed by atoms with Crippen LogP contribution in [0.25, 0.3) is 291 Å². The van der Waals surface area contributed by atoms with Gasteiger partial charge < -0.3 is 4.74 Å². The van der Waals surface area contributed by atoms with E-state index in [1.807, 2.05) is 0 Å². The van der Waals surface area contributed by atoms with Crippen LogP contribution in [0.1, 0.15) is 34.6 Å². The largest absolute Gasteiger partial charge is 0.466 e. The van der Waals surface area contributed by atoms with Crippen LogP contribution in [0.15, 0.2) is 12.2 Å². The van der Waals surface area contributed by atoms with Gasteiger partial charge in [0.1, 0.15) is 0 Å². The third kappa shape index (κ3) is 1.33. The van der Waals surface area contributed by atoms with Gasteiger partial charge in [0.15, 0.2) is 0 Å². The highest BCUT2D eigenvalue weighted by Crippen LogP contribution is 2.83. The van der Waals surface area contributed by atoms with Gasteiger partial charge in [-0.15, -0.1) is 0 Å². The van der Waals surface area contributed by atoms with E-state index < -0.39 is 0 Å². The second-order valence-electron chi connectivity index (χ2n) is 24.4. The summed E-state index contributed by atoms with van der Waals surface area (Å²) >= 11 is 0. The maximum atomic E-state index is 13.3. The van der Waals surface area contributed by atoms with E-state index in [-0.39, 0.29) is 17.3 Å². The number of carbonyl (C=O) groups is 1. The van der Waals surface area contributed by atoms with Gasteiger partial charge in [-0.3, -0.25) is 0 Å². The topological polar surface area (TPSA) is 26.3 Å². The van der Waals surface area contributed by atoms with Crippen molar-refractivity contribution in [1.29, 1.82) is 0 Å². The predicted molar refractivity (Wildman–Crippen MR) is 281 cm³/mol. The lowest BCUT2D eigenvalue weighted by molar-refractivity contribution is -0.134. The summed E-state index contributed by atoms with van der Waals surface area (Å²) in [5, 5.41) is 87.6. The first-order valence-corrected chi connectivity index (χ1v) is 24.8. The van der Waals surface area contributed by atoms with Gasteiger partial charge in [-0.05, 0) is 320 Å². The molecule has 0 amide bonds. The third-order valence-electron chi connectivity index (χ3n) is 24.2. The first kappa shape index (κ1) is 24.8. The van der Waals surface area contributed by atoms with Gasteiger partial charge in [-0.1, -0.05) is 6.08 Å². The van der Waals surface area contributed by atoms with Crippen molar-refractivity contribution in [2.24, 2.45) is 0 Å². The summed E-state index contributed by atoms with van der Waals surface area (Å²) in [4.78, 5) is 13.3. The lowest BCUT2D eigenvalue weighted by atomic mass is 9.56. The first-order chi connectivity index (χ1) is 33.3. The number of hydrogen-bond donors (Lipinski definition) is 0. The van der Waals surface area contributed by atoms with E-state index >= 15 is 0 Å². The number of benzene rings is 18. The van der Waals surface area contributed by atoms with Gasteiger partial charge >= 0.3 is 5.97 Å². The van der Waals surface area contributed by atoms with Crippen molar-refractivity contribution in [2.45, 2.75) is 17.8 Å². The zero-order chi connectivity index (χ0) is 40.0. The Morgan fingerprint density at radius 3 is 0.716 bits per heavy atom. The van der Waals surface area contributed by atoms with Crippen LogP contribution in [0.5, 0.6) is 0 Å². The van der Waals surface area contributed by atoms with E-state index in [1.165, 1.54) is 0 Å². The van der Waals surface area contributed by atoms with Gasteiger partial charge in [-0.2, -0.15) is 0 Å². The van der Waals surface area contributed by atoms with Crippen molar-refractivity contribution >= 4 is 297 Å². The van der Waals surface area contributed by atoms with Crippen LogP contribution >= 0.6 is 0 Å². The smallest absolute Gasteiger partial charge is 0.330 e. The van der Waals surface area contributed by atoms with Crippen molar-refractivity contribution < 1.29 is 9.53 Å². The molecule has 4 aliphatic rings. The van der Waals surface area contributed by atoms with Crippen LogP contribution in [0.4, 0.5) is 0 Å². The molecular formula is C65H8O2. The molecule has 0 saturated carbocycles. The predicted octanol–water partition coefficient (Wildman–Crippen LogP) is 17.3. The second kappa shape index (κ2) is 5.61. The lowest BCUT2D eigenvalue weighted by Crippen LogP contribution is -2.36. The minimum atomic E-state index is -0.351. The van der Waals surface area contributed by atoms with Crippen LogP contribution in [0, 0.1) is 0 Å². The Morgan fingerprint density at radius 1 is 0.313 bits per heavy atom. The summed E-state index contributed by atoms with van der Waals surface area (Å²) in [7, 11) is 1.54. The fourth-order valence-electron chi connectivity index (χ4n) is 24.1. The summed E-state index contributed by atoms with van der Waals surface area (Å²) < 4.78 is 5.40. The minimum absolute atomic E-state index is 0.181. The van der Waals surface area contributed by atoms with E-state index in [0.29, 0.717) is 0 Å². The molecule has 2 nitrogen and oxygen atoms in total. The molecule has 0 bridgehead atoms. The fourth-order valence-corrected chi connectivity index (χ4v) is 24.1. The molecule has 4 aliphatic carbocycles. The standard InChI is InChI=1S/C65H8O2/c1-67-5(66)3-2-4-65-62-58-52-38-30-22-10-7-6-8-11(10)23-25-21-15(8)17-13-9(6)12-16-14(7)20-24(22)36(38)44-42-28(20)26(16)34-32-18(12)19(13)33-35-27(17)29(21)43-45-37(25)39(31(23)30)53(52)59(62)55(45)57-49(43)47(35)51-41(33)40(32)50-46(34)48(42)56(54(44)58)63(65)60(50)61(51)64(57)65/h2-3,62H,4H2,1H3/b3-2+. The Morgan fingerprint density at radius 2 is 0.493 bits per heavy atom. The summed E-state index contributed by atoms with van der Waals surface area (Å²) in [6.45, 7) is 0. The molecule has 0 saturated heterocycles. The van der Waals surface area contributed by atoms with Gasteiger partial charge in [0.05, 0.1) is 7.11 Å². The third-order valence-corrected chi connectivity index (χ3v) is 24.2. The molecule has 0 heterocycles. The van der Waals surface area contributed by atoms with E-state index in [0.717, 1.165) is 6.42 Å². The average Bonchev–Trinajstić information content (AvgIpc) is 4.20. The fraction of sp³-hybridized carbons (Fsp3) is 0.0615. The van der Waals surface area contributed by atoms with Gasteiger partial charge in [0, 0.05) is 17.4 Å². The number of hydrogen-bond acceptors (Lipinski definition) is 2. The number of carbonyl (C=O) groups excluding carboxylic acids is 1. The molecule has 0 spiro atoms. The molecule has 67 heavy (non-hydrogen) atoms. The summed E-state index contributed by atoms with van der Waals surface area (Å²) in [6, 6.07) is 0. The molecule has 28 aromatic rings. The highest BCUT2D eigenvalue weighted by atomic mass is 16.5. The first-order valence-electron chi connectivity index (χ1n) is 24.8. The van der Waals surface area contributed by atoms with Crippen LogP contribution in [0.3, 0.4) is 0 Å². The molecule has 0 aliphatic heterocycles. The van der Waals surface area contributed by atoms with Crippen LogP contribution in [-0.4, -0.2) is 13.1 Å². The van der Waals surface area contributed by atoms with E-state index in [2.05, 4.69) is 6.08 Å². The molecule has 280 valence electrons. The molecule has 0 unspecified atom stereocenters. The zero-order valence-corrected chi connectivity index (χ0v) is 34.3. The number of ether oxygens (including phenoxy) is 1. The lowest BCUT2D eigenvalue weighted by Gasteiger charge is -2.45. The number of allylic oxidation sites excluding steroid dienone is 1. The Kier molecular flexibility index (Phi) is 2.08. The molecular weight excluding hydrogens is 813 g/mol. The van der Waals surface area contributed by atoms with Gasteiger partial charge in [0.2, 0.25) is 0 Å². The molecule has 0 N–H and O–H groups in total. The van der Waals surface area contributed by atoms with Crippen LogP contribution in [0.2, 0.25) is 0 Å². The SMILES string of the molecule is COC(=O)/C=C/CC12c3c4c5c6c7c8c(c9c%10c1c1c3c3c%11c4c4c5c5c7c7c%12c8c8c9c9c%10c%10c1c1c3c3c%11c%11c4c4c5c7c5c7c%12c8c8c9c9c%10c1c1c3c3c%11c4c5c4c7c8c9c1c34)C62. The number of rotatable bonds is 3. The normalized spacial score (nSPS) is 21.2. The highest BCUT2D eigenvalue weighted by Gasteiger charge is 2.62. The van der Waals surface area contributed by atoms with Crippen molar-refractivity contribution in [1.82, 2.24) is 0 Å². The van der Waals surface area contributed by atoms with Crippen molar-refractivity contribution in [3.8, 4) is 0 Å². The molecule has 0 atom stereocenters. The van der Waals surface area contributed by atoms with E-state index in [9.17, 15) is 4.79 Å². The Labute approximate surface area is 363 Å². The van der Waals surface area contributed by atoms with Crippen LogP contribution in [-0.2, 0) is 14.9 Å².